The fourth-order valence-electron chi connectivity index (χ4n) is 2.04. The molecule has 2 N–H and O–H groups in total. The van der Waals surface area contributed by atoms with Crippen LogP contribution in [0, 0.1) is 12.8 Å². The highest BCUT2D eigenvalue weighted by Gasteiger charge is 2.17. The van der Waals surface area contributed by atoms with E-state index < -0.39 is 0 Å². The minimum Gasteiger partial charge on any atom is -0.352 e. The number of hydrogen-bond donors (Lipinski definition) is 2. The predicted molar refractivity (Wildman–Crippen MR) is 69.5 cm³/mol. The van der Waals surface area contributed by atoms with Crippen molar-refractivity contribution in [1.29, 1.82) is 0 Å². The lowest BCUT2D eigenvalue weighted by molar-refractivity contribution is 0.0948. The monoisotopic (exact) mass is 252 g/mol. The summed E-state index contributed by atoms with van der Waals surface area (Å²) >= 11 is 6.11. The van der Waals surface area contributed by atoms with E-state index in [9.17, 15) is 4.79 Å². The van der Waals surface area contributed by atoms with Crippen molar-refractivity contribution in [3.05, 3.63) is 34.3 Å². The van der Waals surface area contributed by atoms with E-state index in [2.05, 4.69) is 10.6 Å². The fraction of sp³-hybridized carbons (Fsp3) is 0.462. The molecule has 92 valence electrons. The molecule has 1 aromatic rings. The van der Waals surface area contributed by atoms with Gasteiger partial charge in [0.05, 0.1) is 10.6 Å². The topological polar surface area (TPSA) is 41.1 Å². The van der Waals surface area contributed by atoms with Crippen molar-refractivity contribution in [2.45, 2.75) is 13.3 Å². The molecule has 1 aromatic carbocycles. The normalized spacial score (nSPS) is 19.3. The molecule has 1 fully saturated rings. The molecule has 1 aliphatic rings. The number of aryl methyl sites for hydroxylation is 1. The van der Waals surface area contributed by atoms with E-state index in [1.54, 1.807) is 6.07 Å². The molecule has 0 saturated carbocycles. The molecule has 2 rings (SSSR count). The van der Waals surface area contributed by atoms with Crippen molar-refractivity contribution in [1.82, 2.24) is 10.6 Å². The van der Waals surface area contributed by atoms with Crippen molar-refractivity contribution in [3.63, 3.8) is 0 Å². The van der Waals surface area contributed by atoms with Crippen LogP contribution in [0.4, 0.5) is 0 Å². The Hall–Kier alpha value is -1.06. The summed E-state index contributed by atoms with van der Waals surface area (Å²) in [5.41, 5.74) is 1.50. The molecule has 1 amide bonds. The number of amides is 1. The lowest BCUT2D eigenvalue weighted by Crippen LogP contribution is -2.30. The van der Waals surface area contributed by atoms with Crippen LogP contribution in [0.2, 0.25) is 5.02 Å². The summed E-state index contributed by atoms with van der Waals surface area (Å²) in [5, 5.41) is 6.78. The Bertz CT molecular complexity index is 414. The lowest BCUT2D eigenvalue weighted by Gasteiger charge is -2.11. The SMILES string of the molecule is Cc1cccc(C(=O)NCC2CCNC2)c1Cl. The molecular formula is C13H17ClN2O. The number of nitrogens with one attached hydrogen (secondary N) is 2. The molecule has 1 aliphatic heterocycles. The first-order valence-corrected chi connectivity index (χ1v) is 6.30. The molecule has 17 heavy (non-hydrogen) atoms. The zero-order valence-corrected chi connectivity index (χ0v) is 10.7. The number of hydrogen-bond acceptors (Lipinski definition) is 2. The van der Waals surface area contributed by atoms with Gasteiger partial charge in [-0.1, -0.05) is 23.7 Å². The summed E-state index contributed by atoms with van der Waals surface area (Å²) in [7, 11) is 0. The third-order valence-corrected chi connectivity index (χ3v) is 3.65. The summed E-state index contributed by atoms with van der Waals surface area (Å²) in [6.07, 6.45) is 1.13. The Morgan fingerprint density at radius 2 is 2.41 bits per heavy atom. The van der Waals surface area contributed by atoms with Gasteiger partial charge in [0, 0.05) is 6.54 Å². The van der Waals surface area contributed by atoms with Gasteiger partial charge in [-0.15, -0.1) is 0 Å². The Labute approximate surface area is 107 Å². The summed E-state index contributed by atoms with van der Waals surface area (Å²) in [4.78, 5) is 12.0. The predicted octanol–water partition coefficient (Wildman–Crippen LogP) is 1.99. The lowest BCUT2D eigenvalue weighted by atomic mass is 10.1. The number of carbonyl (C=O) groups excluding carboxylic acids is 1. The van der Waals surface area contributed by atoms with Crippen LogP contribution in [0.5, 0.6) is 0 Å². The van der Waals surface area contributed by atoms with Crippen LogP contribution < -0.4 is 10.6 Å². The molecule has 1 atom stereocenters. The maximum Gasteiger partial charge on any atom is 0.252 e. The van der Waals surface area contributed by atoms with Gasteiger partial charge in [0.1, 0.15) is 0 Å². The van der Waals surface area contributed by atoms with Gasteiger partial charge in [0.15, 0.2) is 0 Å². The second-order valence-electron chi connectivity index (χ2n) is 4.51. The molecule has 1 heterocycles. The van der Waals surface area contributed by atoms with Crippen LogP contribution in [0.15, 0.2) is 18.2 Å². The zero-order valence-electron chi connectivity index (χ0n) is 9.92. The number of benzene rings is 1. The first-order valence-electron chi connectivity index (χ1n) is 5.92. The van der Waals surface area contributed by atoms with Gasteiger partial charge in [0.25, 0.3) is 5.91 Å². The minimum absolute atomic E-state index is 0.0781. The van der Waals surface area contributed by atoms with E-state index in [0.717, 1.165) is 31.6 Å². The third kappa shape index (κ3) is 2.99. The van der Waals surface area contributed by atoms with Crippen LogP contribution in [0.25, 0.3) is 0 Å². The minimum atomic E-state index is -0.0781. The molecule has 1 saturated heterocycles. The fourth-order valence-corrected chi connectivity index (χ4v) is 2.26. The Balaban J connectivity index is 1.97. The zero-order chi connectivity index (χ0) is 12.3. The Morgan fingerprint density at radius 3 is 3.12 bits per heavy atom. The van der Waals surface area contributed by atoms with Gasteiger partial charge in [-0.3, -0.25) is 4.79 Å². The smallest absolute Gasteiger partial charge is 0.252 e. The van der Waals surface area contributed by atoms with Gasteiger partial charge < -0.3 is 10.6 Å². The molecule has 3 nitrogen and oxygen atoms in total. The Kier molecular flexibility index (Phi) is 4.02. The molecular weight excluding hydrogens is 236 g/mol. The van der Waals surface area contributed by atoms with Crippen molar-refractivity contribution in [3.8, 4) is 0 Å². The number of carbonyl (C=O) groups is 1. The average Bonchev–Trinajstić information content (AvgIpc) is 2.82. The Morgan fingerprint density at radius 1 is 1.59 bits per heavy atom. The van der Waals surface area contributed by atoms with Gasteiger partial charge >= 0.3 is 0 Å². The summed E-state index contributed by atoms with van der Waals surface area (Å²) in [6, 6.07) is 5.52. The average molecular weight is 253 g/mol. The van der Waals surface area contributed by atoms with E-state index in [0.29, 0.717) is 16.5 Å². The highest BCUT2D eigenvalue weighted by molar-refractivity contribution is 6.34. The molecule has 0 bridgehead atoms. The molecule has 0 aliphatic carbocycles. The molecule has 1 unspecified atom stereocenters. The summed E-state index contributed by atoms with van der Waals surface area (Å²) in [5.74, 6) is 0.466. The summed E-state index contributed by atoms with van der Waals surface area (Å²) < 4.78 is 0. The van der Waals surface area contributed by atoms with Crippen LogP contribution in [0.1, 0.15) is 22.3 Å². The first-order chi connectivity index (χ1) is 8.18. The largest absolute Gasteiger partial charge is 0.352 e. The van der Waals surface area contributed by atoms with Crippen molar-refractivity contribution in [2.24, 2.45) is 5.92 Å². The van der Waals surface area contributed by atoms with E-state index in [-0.39, 0.29) is 5.91 Å². The van der Waals surface area contributed by atoms with Crippen molar-refractivity contribution >= 4 is 17.5 Å². The maximum absolute atomic E-state index is 12.0. The van der Waals surface area contributed by atoms with Crippen LogP contribution in [0.3, 0.4) is 0 Å². The second-order valence-corrected chi connectivity index (χ2v) is 4.88. The molecule has 0 aromatic heterocycles. The van der Waals surface area contributed by atoms with Crippen LogP contribution in [-0.2, 0) is 0 Å². The standard InChI is InChI=1S/C13H17ClN2O/c1-9-3-2-4-11(12(9)14)13(17)16-8-10-5-6-15-7-10/h2-4,10,15H,5-8H2,1H3,(H,16,17). The van der Waals surface area contributed by atoms with Crippen LogP contribution >= 0.6 is 11.6 Å². The van der Waals surface area contributed by atoms with Crippen molar-refractivity contribution < 1.29 is 4.79 Å². The van der Waals surface area contributed by atoms with Gasteiger partial charge in [-0.25, -0.2) is 0 Å². The first kappa shape index (κ1) is 12.4. The van der Waals surface area contributed by atoms with Crippen LogP contribution in [-0.4, -0.2) is 25.5 Å². The maximum atomic E-state index is 12.0. The summed E-state index contributed by atoms with van der Waals surface area (Å²) in [6.45, 7) is 4.66. The molecule has 4 heteroatoms. The van der Waals surface area contributed by atoms with Gasteiger partial charge in [0.2, 0.25) is 0 Å². The van der Waals surface area contributed by atoms with E-state index in [4.69, 9.17) is 11.6 Å². The van der Waals surface area contributed by atoms with Crippen molar-refractivity contribution in [2.75, 3.05) is 19.6 Å². The number of rotatable bonds is 3. The second kappa shape index (κ2) is 5.52. The van der Waals surface area contributed by atoms with E-state index in [1.807, 2.05) is 19.1 Å². The highest BCUT2D eigenvalue weighted by Crippen LogP contribution is 2.20. The van der Waals surface area contributed by atoms with E-state index >= 15 is 0 Å². The molecule has 0 spiro atoms. The number of halogens is 1. The van der Waals surface area contributed by atoms with Gasteiger partial charge in [-0.2, -0.15) is 0 Å². The molecule has 0 radical (unpaired) electrons. The quantitative estimate of drug-likeness (QED) is 0.864. The van der Waals surface area contributed by atoms with Gasteiger partial charge in [-0.05, 0) is 44.0 Å². The third-order valence-electron chi connectivity index (χ3n) is 3.15. The van der Waals surface area contributed by atoms with E-state index in [1.165, 1.54) is 0 Å². The highest BCUT2D eigenvalue weighted by atomic mass is 35.5.